The Bertz CT molecular complexity index is 696. The van der Waals surface area contributed by atoms with Crippen LogP contribution in [-0.2, 0) is 16.6 Å². The van der Waals surface area contributed by atoms with Gasteiger partial charge in [-0.25, -0.2) is 4.79 Å². The molecule has 2 fully saturated rings. The molecule has 4 rings (SSSR count). The van der Waals surface area contributed by atoms with E-state index >= 15 is 0 Å². The Morgan fingerprint density at radius 1 is 1.20 bits per heavy atom. The number of hydrogen-bond acceptors (Lipinski definition) is 3. The van der Waals surface area contributed by atoms with Crippen molar-refractivity contribution in [2.45, 2.75) is 45.1 Å². The predicted molar refractivity (Wildman–Crippen MR) is 95.8 cm³/mol. The second kappa shape index (κ2) is 5.63. The summed E-state index contributed by atoms with van der Waals surface area (Å²) in [6.45, 7) is 10.2. The summed E-state index contributed by atoms with van der Waals surface area (Å²) >= 11 is 0. The number of ether oxygens (including phenoxy) is 1. The number of benzene rings is 1. The summed E-state index contributed by atoms with van der Waals surface area (Å²) in [4.78, 5) is 17.2. The Morgan fingerprint density at radius 2 is 1.92 bits per heavy atom. The lowest BCUT2D eigenvalue weighted by molar-refractivity contribution is -0.0316. The first-order valence-electron chi connectivity index (χ1n) is 9.31. The quantitative estimate of drug-likeness (QED) is 0.787. The van der Waals surface area contributed by atoms with E-state index in [2.05, 4.69) is 31.7 Å². The van der Waals surface area contributed by atoms with Crippen molar-refractivity contribution >= 4 is 6.03 Å². The number of piperidine rings is 1. The zero-order chi connectivity index (χ0) is 17.8. The molecule has 2 heterocycles. The summed E-state index contributed by atoms with van der Waals surface area (Å²) in [6, 6.07) is 6.10. The van der Waals surface area contributed by atoms with Crippen molar-refractivity contribution in [3.05, 3.63) is 29.3 Å². The summed E-state index contributed by atoms with van der Waals surface area (Å²) in [7, 11) is 0. The Morgan fingerprint density at radius 3 is 2.64 bits per heavy atom. The lowest BCUT2D eigenvalue weighted by Crippen LogP contribution is -2.66. The van der Waals surface area contributed by atoms with Gasteiger partial charge in [0.25, 0.3) is 0 Å². The molecule has 1 N–H and O–H groups in total. The second-order valence-electron chi connectivity index (χ2n) is 8.40. The second-order valence-corrected chi connectivity index (χ2v) is 8.40. The maximum atomic E-state index is 13.2. The largest absolute Gasteiger partial charge is 0.508 e. The molecule has 2 bridgehead atoms. The van der Waals surface area contributed by atoms with Crippen molar-refractivity contribution in [2.75, 3.05) is 32.8 Å². The number of nitrogens with zero attached hydrogens (tertiary/aromatic N) is 2. The van der Waals surface area contributed by atoms with Gasteiger partial charge in [0.1, 0.15) is 5.75 Å². The van der Waals surface area contributed by atoms with Crippen LogP contribution in [0.3, 0.4) is 0 Å². The van der Waals surface area contributed by atoms with Crippen LogP contribution in [0.25, 0.3) is 0 Å². The molecule has 2 amide bonds. The molecule has 0 aromatic heterocycles. The average Bonchev–Trinajstić information content (AvgIpc) is 2.59. The molecule has 5 heteroatoms. The van der Waals surface area contributed by atoms with Crippen molar-refractivity contribution in [1.29, 1.82) is 0 Å². The highest BCUT2D eigenvalue weighted by atomic mass is 16.5. The third kappa shape index (κ3) is 2.28. The Labute approximate surface area is 149 Å². The third-order valence-electron chi connectivity index (χ3n) is 7.15. The van der Waals surface area contributed by atoms with Crippen LogP contribution < -0.4 is 0 Å². The van der Waals surface area contributed by atoms with E-state index < -0.39 is 0 Å². The van der Waals surface area contributed by atoms with Gasteiger partial charge in [0.15, 0.2) is 0 Å². The van der Waals surface area contributed by atoms with E-state index in [1.807, 2.05) is 11.0 Å². The van der Waals surface area contributed by atoms with Crippen LogP contribution in [0, 0.1) is 5.41 Å². The fourth-order valence-electron chi connectivity index (χ4n) is 5.09. The Balaban J connectivity index is 1.72. The lowest BCUT2D eigenvalue weighted by atomic mass is 9.51. The minimum absolute atomic E-state index is 0.0359. The first kappa shape index (κ1) is 16.7. The molecule has 0 spiro atoms. The van der Waals surface area contributed by atoms with Gasteiger partial charge in [0.2, 0.25) is 0 Å². The molecule has 2 saturated heterocycles. The Kier molecular flexibility index (Phi) is 3.76. The van der Waals surface area contributed by atoms with Crippen LogP contribution in [-0.4, -0.2) is 59.8 Å². The molecule has 3 aliphatic rings. The van der Waals surface area contributed by atoms with E-state index in [0.29, 0.717) is 32.1 Å². The Hall–Kier alpha value is -1.75. The first-order chi connectivity index (χ1) is 11.9. The number of amides is 2. The fraction of sp³-hybridized carbons (Fsp3) is 0.650. The van der Waals surface area contributed by atoms with E-state index in [1.54, 1.807) is 6.07 Å². The third-order valence-corrected chi connectivity index (χ3v) is 7.15. The summed E-state index contributed by atoms with van der Waals surface area (Å²) in [5.41, 5.74) is 2.20. The number of carbonyl (C=O) groups is 1. The van der Waals surface area contributed by atoms with Gasteiger partial charge < -0.3 is 19.6 Å². The highest BCUT2D eigenvalue weighted by molar-refractivity contribution is 5.76. The molecule has 1 aromatic rings. The van der Waals surface area contributed by atoms with Crippen molar-refractivity contribution in [2.24, 2.45) is 5.41 Å². The molecule has 1 aromatic carbocycles. The molecule has 0 unspecified atom stereocenters. The van der Waals surface area contributed by atoms with Gasteiger partial charge in [-0.15, -0.1) is 0 Å². The number of phenols is 1. The van der Waals surface area contributed by atoms with Crippen molar-refractivity contribution in [3.63, 3.8) is 0 Å². The van der Waals surface area contributed by atoms with Gasteiger partial charge in [-0.05, 0) is 35.4 Å². The molecule has 2 atom stereocenters. The lowest BCUT2D eigenvalue weighted by Gasteiger charge is -2.61. The number of morpholine rings is 1. The van der Waals surface area contributed by atoms with Crippen LogP contribution in [0.4, 0.5) is 4.79 Å². The number of hydrogen-bond donors (Lipinski definition) is 1. The van der Waals surface area contributed by atoms with Gasteiger partial charge in [-0.2, -0.15) is 0 Å². The SMILES string of the molecule is CC1(C)[C@@H]2Cc3c(O)cccc3[C@@]1(C)CCN2C(=O)N1CCOCC1. The van der Waals surface area contributed by atoms with E-state index in [-0.39, 0.29) is 22.9 Å². The first-order valence-corrected chi connectivity index (χ1v) is 9.31. The fourth-order valence-corrected chi connectivity index (χ4v) is 5.09. The predicted octanol–water partition coefficient (Wildman–Crippen LogP) is 2.76. The zero-order valence-electron chi connectivity index (χ0n) is 15.4. The topological polar surface area (TPSA) is 53.0 Å². The number of aromatic hydroxyl groups is 1. The molecular weight excluding hydrogens is 316 g/mol. The maximum Gasteiger partial charge on any atom is 0.320 e. The van der Waals surface area contributed by atoms with Crippen LogP contribution >= 0.6 is 0 Å². The number of urea groups is 1. The molecule has 5 nitrogen and oxygen atoms in total. The number of rotatable bonds is 0. The molecule has 1 aliphatic carbocycles. The standard InChI is InChI=1S/C20H28N2O3/c1-19(2)17-13-14-15(5-4-6-16(14)23)20(19,3)7-8-22(17)18(24)21-9-11-25-12-10-21/h4-6,17,23H,7-13H2,1-3H3/t17-,20+/m0/s1. The highest BCUT2D eigenvalue weighted by Gasteiger charge is 2.57. The van der Waals surface area contributed by atoms with Gasteiger partial charge >= 0.3 is 6.03 Å². The summed E-state index contributed by atoms with van der Waals surface area (Å²) in [5, 5.41) is 10.4. The average molecular weight is 344 g/mol. The van der Waals surface area contributed by atoms with Crippen molar-refractivity contribution in [3.8, 4) is 5.75 Å². The normalized spacial score (nSPS) is 30.8. The minimum Gasteiger partial charge on any atom is -0.508 e. The molecule has 0 saturated carbocycles. The van der Waals surface area contributed by atoms with Gasteiger partial charge in [0, 0.05) is 31.1 Å². The van der Waals surface area contributed by atoms with Gasteiger partial charge in [-0.3, -0.25) is 0 Å². The molecule has 0 radical (unpaired) electrons. The van der Waals surface area contributed by atoms with E-state index in [0.717, 1.165) is 24.9 Å². The number of likely N-dealkylation sites (tertiary alicyclic amines) is 1. The highest BCUT2D eigenvalue weighted by Crippen LogP contribution is 2.57. The number of phenolic OH excluding ortho intramolecular Hbond substituents is 1. The van der Waals surface area contributed by atoms with Crippen LogP contribution in [0.2, 0.25) is 0 Å². The minimum atomic E-state index is -0.0476. The van der Waals surface area contributed by atoms with Crippen LogP contribution in [0.15, 0.2) is 18.2 Å². The van der Waals surface area contributed by atoms with E-state index in [4.69, 9.17) is 4.74 Å². The van der Waals surface area contributed by atoms with Gasteiger partial charge in [-0.1, -0.05) is 32.9 Å². The number of carbonyl (C=O) groups excluding carboxylic acids is 1. The summed E-state index contributed by atoms with van der Waals surface area (Å²) in [6.07, 6.45) is 1.64. The number of fused-ring (bicyclic) bond motifs is 4. The molecule has 2 aliphatic heterocycles. The molecule has 136 valence electrons. The van der Waals surface area contributed by atoms with Crippen molar-refractivity contribution in [1.82, 2.24) is 9.80 Å². The zero-order valence-corrected chi connectivity index (χ0v) is 15.4. The molecular formula is C20H28N2O3. The maximum absolute atomic E-state index is 13.2. The van der Waals surface area contributed by atoms with E-state index in [9.17, 15) is 9.90 Å². The summed E-state index contributed by atoms with van der Waals surface area (Å²) < 4.78 is 5.39. The summed E-state index contributed by atoms with van der Waals surface area (Å²) in [5.74, 6) is 0.366. The van der Waals surface area contributed by atoms with Crippen LogP contribution in [0.1, 0.15) is 38.3 Å². The van der Waals surface area contributed by atoms with E-state index in [1.165, 1.54) is 5.56 Å². The van der Waals surface area contributed by atoms with Crippen LogP contribution in [0.5, 0.6) is 5.75 Å². The monoisotopic (exact) mass is 344 g/mol. The smallest absolute Gasteiger partial charge is 0.320 e. The van der Waals surface area contributed by atoms with Gasteiger partial charge in [0.05, 0.1) is 13.2 Å². The molecule has 25 heavy (non-hydrogen) atoms. The van der Waals surface area contributed by atoms with Crippen molar-refractivity contribution < 1.29 is 14.6 Å².